The lowest BCUT2D eigenvalue weighted by atomic mass is 10.1. The molecule has 0 aliphatic rings. The Kier molecular flexibility index (Phi) is 3.46. The van der Waals surface area contributed by atoms with Gasteiger partial charge in [0.1, 0.15) is 12.4 Å². The van der Waals surface area contributed by atoms with E-state index in [0.717, 1.165) is 5.75 Å². The molecule has 1 rings (SSSR count). The minimum absolute atomic E-state index is 0.0230. The molecule has 0 fully saturated rings. The molecule has 0 atom stereocenters. The van der Waals surface area contributed by atoms with Gasteiger partial charge in [0, 0.05) is 12.7 Å². The van der Waals surface area contributed by atoms with E-state index in [9.17, 15) is 4.79 Å². The lowest BCUT2D eigenvalue weighted by molar-refractivity contribution is 0.0848. The summed E-state index contributed by atoms with van der Waals surface area (Å²) in [7, 11) is 3.09. The molecule has 0 unspecified atom stereocenters. The highest BCUT2D eigenvalue weighted by molar-refractivity contribution is 5.97. The summed E-state index contributed by atoms with van der Waals surface area (Å²) in [5.74, 6) is 0.721. The Balaban J connectivity index is 2.74. The number of benzene rings is 1. The number of hydrogen-bond acceptors (Lipinski definition) is 3. The van der Waals surface area contributed by atoms with E-state index < -0.39 is 0 Å². The Bertz CT molecular complexity index is 277. The van der Waals surface area contributed by atoms with Crippen molar-refractivity contribution in [2.75, 3.05) is 20.8 Å². The molecule has 1 aromatic carbocycles. The monoisotopic (exact) mass is 180 g/mol. The van der Waals surface area contributed by atoms with E-state index in [1.807, 2.05) is 0 Å². The topological polar surface area (TPSA) is 35.5 Å². The zero-order valence-electron chi connectivity index (χ0n) is 7.74. The number of rotatable bonds is 4. The molecular weight excluding hydrogens is 168 g/mol. The molecule has 0 N–H and O–H groups in total. The van der Waals surface area contributed by atoms with Crippen molar-refractivity contribution in [1.29, 1.82) is 0 Å². The Morgan fingerprint density at radius 1 is 1.23 bits per heavy atom. The highest BCUT2D eigenvalue weighted by Crippen LogP contribution is 2.11. The van der Waals surface area contributed by atoms with Crippen molar-refractivity contribution in [2.45, 2.75) is 0 Å². The Morgan fingerprint density at radius 2 is 1.85 bits per heavy atom. The maximum atomic E-state index is 11.3. The normalized spacial score (nSPS) is 9.69. The molecule has 70 valence electrons. The Labute approximate surface area is 77.3 Å². The van der Waals surface area contributed by atoms with Gasteiger partial charge in [0.25, 0.3) is 0 Å². The van der Waals surface area contributed by atoms with Crippen LogP contribution in [0.4, 0.5) is 0 Å². The van der Waals surface area contributed by atoms with Gasteiger partial charge in [-0.25, -0.2) is 0 Å². The zero-order valence-corrected chi connectivity index (χ0v) is 7.74. The van der Waals surface area contributed by atoms with Gasteiger partial charge in [0.05, 0.1) is 7.11 Å². The smallest absolute Gasteiger partial charge is 0.188 e. The molecule has 0 saturated carbocycles. The van der Waals surface area contributed by atoms with Gasteiger partial charge in [-0.2, -0.15) is 0 Å². The first kappa shape index (κ1) is 9.74. The molecule has 0 bridgehead atoms. The Hall–Kier alpha value is -1.35. The maximum absolute atomic E-state index is 11.3. The molecule has 1 aromatic rings. The van der Waals surface area contributed by atoms with Crippen LogP contribution >= 0.6 is 0 Å². The van der Waals surface area contributed by atoms with Crippen LogP contribution in [0.5, 0.6) is 5.75 Å². The van der Waals surface area contributed by atoms with Crippen molar-refractivity contribution in [3.05, 3.63) is 29.8 Å². The quantitative estimate of drug-likeness (QED) is 0.659. The fourth-order valence-electron chi connectivity index (χ4n) is 0.991. The Morgan fingerprint density at radius 3 is 2.31 bits per heavy atom. The number of ketones is 1. The van der Waals surface area contributed by atoms with Crippen LogP contribution in [0.2, 0.25) is 0 Å². The molecule has 0 aliphatic heterocycles. The fraction of sp³-hybridized carbons (Fsp3) is 0.300. The molecule has 0 aromatic heterocycles. The fourth-order valence-corrected chi connectivity index (χ4v) is 0.991. The summed E-state index contributed by atoms with van der Waals surface area (Å²) in [4.78, 5) is 11.3. The summed E-state index contributed by atoms with van der Waals surface area (Å²) in [6.07, 6.45) is 0. The third-order valence-electron chi connectivity index (χ3n) is 1.69. The number of ether oxygens (including phenoxy) is 2. The number of carbonyl (C=O) groups is 1. The van der Waals surface area contributed by atoms with Gasteiger partial charge in [-0.1, -0.05) is 0 Å². The maximum Gasteiger partial charge on any atom is 0.188 e. The van der Waals surface area contributed by atoms with E-state index in [1.54, 1.807) is 31.4 Å². The first-order valence-electron chi connectivity index (χ1n) is 3.94. The number of hydrogen-bond donors (Lipinski definition) is 0. The van der Waals surface area contributed by atoms with Crippen LogP contribution in [0.15, 0.2) is 24.3 Å². The summed E-state index contributed by atoms with van der Waals surface area (Å²) >= 11 is 0. The average molecular weight is 180 g/mol. The molecular formula is C10H12O3. The number of methoxy groups -OCH3 is 2. The van der Waals surface area contributed by atoms with Gasteiger partial charge in [0.2, 0.25) is 0 Å². The van der Waals surface area contributed by atoms with Crippen LogP contribution in [-0.4, -0.2) is 26.6 Å². The van der Waals surface area contributed by atoms with E-state index in [2.05, 4.69) is 0 Å². The molecule has 0 heterocycles. The predicted octanol–water partition coefficient (Wildman–Crippen LogP) is 1.52. The van der Waals surface area contributed by atoms with Crippen molar-refractivity contribution in [3.8, 4) is 5.75 Å². The lowest BCUT2D eigenvalue weighted by Gasteiger charge is -2.01. The van der Waals surface area contributed by atoms with Crippen LogP contribution in [0, 0.1) is 0 Å². The predicted molar refractivity (Wildman–Crippen MR) is 49.2 cm³/mol. The van der Waals surface area contributed by atoms with E-state index in [0.29, 0.717) is 5.56 Å². The standard InChI is InChI=1S/C10H12O3/c1-12-7-10(11)8-3-5-9(13-2)6-4-8/h3-6H,7H2,1-2H3. The lowest BCUT2D eigenvalue weighted by Crippen LogP contribution is -2.06. The third kappa shape index (κ3) is 2.56. The molecule has 0 aliphatic carbocycles. The van der Waals surface area contributed by atoms with Gasteiger partial charge < -0.3 is 9.47 Å². The molecule has 0 amide bonds. The molecule has 0 saturated heterocycles. The van der Waals surface area contributed by atoms with Crippen LogP contribution in [0.1, 0.15) is 10.4 Å². The van der Waals surface area contributed by atoms with Gasteiger partial charge >= 0.3 is 0 Å². The first-order valence-corrected chi connectivity index (χ1v) is 3.94. The average Bonchev–Trinajstić information content (AvgIpc) is 2.18. The van der Waals surface area contributed by atoms with Gasteiger partial charge in [-0.15, -0.1) is 0 Å². The molecule has 0 radical (unpaired) electrons. The summed E-state index contributed by atoms with van der Waals surface area (Å²) in [6, 6.07) is 6.95. The minimum atomic E-state index is -0.0230. The van der Waals surface area contributed by atoms with E-state index in [1.165, 1.54) is 7.11 Å². The van der Waals surface area contributed by atoms with Crippen LogP contribution in [0.25, 0.3) is 0 Å². The van der Waals surface area contributed by atoms with E-state index >= 15 is 0 Å². The minimum Gasteiger partial charge on any atom is -0.497 e. The number of Topliss-reactive ketones (excluding diaryl/α,β-unsaturated/α-hetero) is 1. The second kappa shape index (κ2) is 4.62. The zero-order chi connectivity index (χ0) is 9.68. The van der Waals surface area contributed by atoms with Gasteiger partial charge in [0.15, 0.2) is 5.78 Å². The van der Waals surface area contributed by atoms with Crippen molar-refractivity contribution < 1.29 is 14.3 Å². The summed E-state index contributed by atoms with van der Waals surface area (Å²) in [6.45, 7) is 0.117. The molecule has 13 heavy (non-hydrogen) atoms. The van der Waals surface area contributed by atoms with Crippen LogP contribution in [0.3, 0.4) is 0 Å². The van der Waals surface area contributed by atoms with Crippen molar-refractivity contribution >= 4 is 5.78 Å². The third-order valence-corrected chi connectivity index (χ3v) is 1.69. The highest BCUT2D eigenvalue weighted by atomic mass is 16.5. The number of carbonyl (C=O) groups excluding carboxylic acids is 1. The van der Waals surface area contributed by atoms with Crippen molar-refractivity contribution in [1.82, 2.24) is 0 Å². The van der Waals surface area contributed by atoms with Crippen LogP contribution in [-0.2, 0) is 4.74 Å². The highest BCUT2D eigenvalue weighted by Gasteiger charge is 2.04. The van der Waals surface area contributed by atoms with E-state index in [-0.39, 0.29) is 12.4 Å². The second-order valence-corrected chi connectivity index (χ2v) is 2.58. The van der Waals surface area contributed by atoms with E-state index in [4.69, 9.17) is 9.47 Å². The van der Waals surface area contributed by atoms with Gasteiger partial charge in [-0.05, 0) is 24.3 Å². The molecule has 0 spiro atoms. The molecule has 3 nitrogen and oxygen atoms in total. The summed E-state index contributed by atoms with van der Waals surface area (Å²) < 4.78 is 9.70. The first-order chi connectivity index (χ1) is 6.27. The molecule has 3 heteroatoms. The van der Waals surface area contributed by atoms with Gasteiger partial charge in [-0.3, -0.25) is 4.79 Å². The summed E-state index contributed by atoms with van der Waals surface area (Å²) in [5.41, 5.74) is 0.641. The second-order valence-electron chi connectivity index (χ2n) is 2.58. The SMILES string of the molecule is COCC(=O)c1ccc(OC)cc1. The van der Waals surface area contributed by atoms with Crippen LogP contribution < -0.4 is 4.74 Å². The summed E-state index contributed by atoms with van der Waals surface area (Å²) in [5, 5.41) is 0. The van der Waals surface area contributed by atoms with Crippen molar-refractivity contribution in [2.24, 2.45) is 0 Å². The van der Waals surface area contributed by atoms with Crippen molar-refractivity contribution in [3.63, 3.8) is 0 Å². The largest absolute Gasteiger partial charge is 0.497 e.